The van der Waals surface area contributed by atoms with Crippen LogP contribution in [0.25, 0.3) is 15.8 Å². The number of thiophene rings is 1. The quantitative estimate of drug-likeness (QED) is 0.733. The molecule has 0 spiro atoms. The molecule has 1 saturated carbocycles. The highest BCUT2D eigenvalue weighted by atomic mass is 32.1. The second-order valence-corrected chi connectivity index (χ2v) is 8.10. The number of hydrogen-bond acceptors (Lipinski definition) is 3. The zero-order chi connectivity index (χ0) is 17.0. The summed E-state index contributed by atoms with van der Waals surface area (Å²) in [6.45, 7) is 4.36. The van der Waals surface area contributed by atoms with Crippen LogP contribution in [-0.4, -0.2) is 27.2 Å². The van der Waals surface area contributed by atoms with Crippen LogP contribution >= 0.6 is 11.3 Å². The van der Waals surface area contributed by atoms with Crippen molar-refractivity contribution in [3.05, 3.63) is 59.0 Å². The van der Waals surface area contributed by atoms with E-state index in [-0.39, 0.29) is 5.13 Å². The van der Waals surface area contributed by atoms with E-state index in [2.05, 4.69) is 21.7 Å². The van der Waals surface area contributed by atoms with Crippen molar-refractivity contribution in [2.75, 3.05) is 0 Å². The van der Waals surface area contributed by atoms with Crippen molar-refractivity contribution in [2.45, 2.75) is 44.2 Å². The van der Waals surface area contributed by atoms with Crippen molar-refractivity contribution in [1.29, 1.82) is 0 Å². The lowest BCUT2D eigenvalue weighted by molar-refractivity contribution is 0.259. The van der Waals surface area contributed by atoms with E-state index >= 15 is 0 Å². The topological polar surface area (TPSA) is 31.9 Å². The van der Waals surface area contributed by atoms with Gasteiger partial charge in [0, 0.05) is 33.6 Å². The molecule has 2 aliphatic carbocycles. The number of aromatic nitrogens is 2. The first kappa shape index (κ1) is 15.1. The highest BCUT2D eigenvalue weighted by Crippen LogP contribution is 2.42. The first-order chi connectivity index (χ1) is 12.2. The van der Waals surface area contributed by atoms with E-state index in [9.17, 15) is 4.39 Å². The molecule has 1 aromatic carbocycles. The number of aryl methyl sites for hydroxylation is 1. The molecule has 0 bridgehead atoms. The first-order valence-electron chi connectivity index (χ1n) is 8.88. The van der Waals surface area contributed by atoms with Crippen LogP contribution in [0.4, 0.5) is 4.39 Å². The first-order valence-corrected chi connectivity index (χ1v) is 9.70. The Hall–Kier alpha value is -2.14. The van der Waals surface area contributed by atoms with Crippen LogP contribution in [-0.2, 0) is 12.8 Å². The zero-order valence-electron chi connectivity index (χ0n) is 14.0. The third-order valence-corrected chi connectivity index (χ3v) is 6.44. The van der Waals surface area contributed by atoms with Gasteiger partial charge in [-0.1, -0.05) is 24.8 Å². The summed E-state index contributed by atoms with van der Waals surface area (Å²) in [6.07, 6.45) is 7.33. The number of halogens is 1. The minimum absolute atomic E-state index is 0.114. The van der Waals surface area contributed by atoms with Gasteiger partial charge in [-0.05, 0) is 43.7 Å². The van der Waals surface area contributed by atoms with Crippen LogP contribution < -0.4 is 0 Å². The predicted octanol–water partition coefficient (Wildman–Crippen LogP) is 4.76. The number of aromatic amines is 1. The summed E-state index contributed by atoms with van der Waals surface area (Å²) in [5.41, 5.74) is 4.11. The maximum atomic E-state index is 14.8. The average Bonchev–Trinajstić information content (AvgIpc) is 3.22. The Morgan fingerprint density at radius 2 is 2.08 bits per heavy atom. The van der Waals surface area contributed by atoms with Crippen LogP contribution in [0.5, 0.6) is 0 Å². The number of hydrogen-bond donors (Lipinski definition) is 1. The number of rotatable bonds is 4. The van der Waals surface area contributed by atoms with Gasteiger partial charge in [0.2, 0.25) is 0 Å². The highest BCUT2D eigenvalue weighted by Gasteiger charge is 2.38. The molecule has 1 unspecified atom stereocenters. The SMILES string of the molecule is C=C(c1c(F)sc2ccccc12)N(C1CC1)C1CCc2[nH]ncc2C1. The zero-order valence-corrected chi connectivity index (χ0v) is 14.8. The van der Waals surface area contributed by atoms with Crippen molar-refractivity contribution in [3.63, 3.8) is 0 Å². The molecule has 2 aliphatic rings. The molecule has 5 rings (SSSR count). The van der Waals surface area contributed by atoms with Crippen LogP contribution in [0.1, 0.15) is 36.1 Å². The van der Waals surface area contributed by atoms with Crippen LogP contribution in [0, 0.1) is 5.13 Å². The maximum Gasteiger partial charge on any atom is 0.186 e. The van der Waals surface area contributed by atoms with Gasteiger partial charge in [0.15, 0.2) is 5.13 Å². The summed E-state index contributed by atoms with van der Waals surface area (Å²) in [7, 11) is 0. The lowest BCUT2D eigenvalue weighted by Crippen LogP contribution is -2.39. The largest absolute Gasteiger partial charge is 0.365 e. The molecule has 2 aromatic heterocycles. The van der Waals surface area contributed by atoms with Crippen molar-refractivity contribution < 1.29 is 4.39 Å². The van der Waals surface area contributed by atoms with E-state index in [4.69, 9.17) is 0 Å². The average molecular weight is 353 g/mol. The summed E-state index contributed by atoms with van der Waals surface area (Å²) in [6, 6.07) is 8.82. The molecule has 2 heterocycles. The molecule has 25 heavy (non-hydrogen) atoms. The summed E-state index contributed by atoms with van der Waals surface area (Å²) >= 11 is 1.22. The van der Waals surface area contributed by atoms with Crippen LogP contribution in [0.15, 0.2) is 37.0 Å². The van der Waals surface area contributed by atoms with Crippen LogP contribution in [0.2, 0.25) is 0 Å². The standard InChI is InChI=1S/C20H20FN3S/c1-12(19-16-4-2-3-5-18(16)25-20(19)21)24(14-6-7-14)15-8-9-17-13(10-15)11-22-23-17/h2-5,11,14-15H,1,6-10H2,(H,22,23). The van der Waals surface area contributed by atoms with Crippen molar-refractivity contribution in [1.82, 2.24) is 15.1 Å². The predicted molar refractivity (Wildman–Crippen MR) is 100 cm³/mol. The number of fused-ring (bicyclic) bond motifs is 2. The molecule has 0 amide bonds. The molecular weight excluding hydrogens is 333 g/mol. The van der Waals surface area contributed by atoms with E-state index in [1.165, 1.54) is 35.4 Å². The molecule has 1 fully saturated rings. The van der Waals surface area contributed by atoms with E-state index < -0.39 is 0 Å². The Bertz CT molecular complexity index is 953. The number of H-pyrrole nitrogens is 1. The summed E-state index contributed by atoms with van der Waals surface area (Å²) in [5.74, 6) is 0. The Morgan fingerprint density at radius 1 is 1.24 bits per heavy atom. The van der Waals surface area contributed by atoms with Gasteiger partial charge in [-0.15, -0.1) is 11.3 Å². The number of nitrogens with zero attached hydrogens (tertiary/aromatic N) is 2. The second kappa shape index (κ2) is 5.70. The normalized spacial score (nSPS) is 19.8. The van der Waals surface area contributed by atoms with Gasteiger partial charge in [0.25, 0.3) is 0 Å². The smallest absolute Gasteiger partial charge is 0.186 e. The van der Waals surface area contributed by atoms with Gasteiger partial charge in [-0.2, -0.15) is 9.49 Å². The molecule has 0 saturated heterocycles. The Kier molecular flexibility index (Phi) is 3.45. The molecule has 3 nitrogen and oxygen atoms in total. The summed E-state index contributed by atoms with van der Waals surface area (Å²) in [4.78, 5) is 2.41. The van der Waals surface area contributed by atoms with E-state index in [0.717, 1.165) is 35.0 Å². The van der Waals surface area contributed by atoms with E-state index in [0.29, 0.717) is 17.6 Å². The Labute approximate surface area is 150 Å². The van der Waals surface area contributed by atoms with E-state index in [1.807, 2.05) is 30.5 Å². The third kappa shape index (κ3) is 2.49. The van der Waals surface area contributed by atoms with Gasteiger partial charge in [0.1, 0.15) is 0 Å². The fourth-order valence-electron chi connectivity index (χ4n) is 4.14. The van der Waals surface area contributed by atoms with Gasteiger partial charge in [-0.25, -0.2) is 0 Å². The molecular formula is C20H20FN3S. The molecule has 5 heteroatoms. The van der Waals surface area contributed by atoms with Gasteiger partial charge in [0.05, 0.1) is 11.8 Å². The summed E-state index contributed by atoms with van der Waals surface area (Å²) in [5, 5.41) is 8.16. The van der Waals surface area contributed by atoms with Gasteiger partial charge in [-0.3, -0.25) is 5.10 Å². The van der Waals surface area contributed by atoms with Gasteiger partial charge < -0.3 is 4.90 Å². The fraction of sp³-hybridized carbons (Fsp3) is 0.350. The van der Waals surface area contributed by atoms with Crippen molar-refractivity contribution >= 4 is 27.1 Å². The molecule has 0 aliphatic heterocycles. The molecule has 1 N–H and O–H groups in total. The molecule has 128 valence electrons. The minimum atomic E-state index is -0.114. The lowest BCUT2D eigenvalue weighted by atomic mass is 9.91. The maximum absolute atomic E-state index is 14.8. The fourth-order valence-corrected chi connectivity index (χ4v) is 5.09. The second-order valence-electron chi connectivity index (χ2n) is 7.10. The van der Waals surface area contributed by atoms with E-state index in [1.54, 1.807) is 0 Å². The van der Waals surface area contributed by atoms with Crippen molar-refractivity contribution in [2.24, 2.45) is 0 Å². The lowest BCUT2D eigenvalue weighted by Gasteiger charge is -2.37. The number of benzene rings is 1. The minimum Gasteiger partial charge on any atom is -0.365 e. The Balaban J connectivity index is 1.52. The molecule has 1 atom stereocenters. The monoisotopic (exact) mass is 353 g/mol. The van der Waals surface area contributed by atoms with Gasteiger partial charge >= 0.3 is 0 Å². The molecule has 0 radical (unpaired) electrons. The molecule has 3 aromatic rings. The third-order valence-electron chi connectivity index (χ3n) is 5.48. The summed E-state index contributed by atoms with van der Waals surface area (Å²) < 4.78 is 15.8. The van der Waals surface area contributed by atoms with Crippen LogP contribution in [0.3, 0.4) is 0 Å². The van der Waals surface area contributed by atoms with Crippen molar-refractivity contribution in [3.8, 4) is 0 Å². The number of nitrogens with one attached hydrogen (secondary N) is 1. The highest BCUT2D eigenvalue weighted by molar-refractivity contribution is 7.17. The Morgan fingerprint density at radius 3 is 2.92 bits per heavy atom.